The molecule has 5 rings (SSSR count). The number of nitriles is 1. The summed E-state index contributed by atoms with van der Waals surface area (Å²) in [7, 11) is -0.582. The van der Waals surface area contributed by atoms with Gasteiger partial charge in [-0.2, -0.15) is 10.4 Å². The minimum atomic E-state index is -2.07. The van der Waals surface area contributed by atoms with Gasteiger partial charge in [-0.1, -0.05) is 39.3 Å². The number of alkyl halides is 1. The van der Waals surface area contributed by atoms with Crippen LogP contribution in [-0.2, 0) is 21.2 Å². The molecule has 0 saturated carbocycles. The van der Waals surface area contributed by atoms with Gasteiger partial charge in [0.05, 0.1) is 11.3 Å². The molecule has 0 amide bonds. The minimum absolute atomic E-state index is 0.0385. The monoisotopic (exact) mass is 677 g/mol. The molecular weight excluding hydrogens is 634 g/mol. The number of halogens is 2. The lowest BCUT2D eigenvalue weighted by atomic mass is 9.83. The number of likely N-dealkylation sites (tertiary alicyclic amines) is 1. The smallest absolute Gasteiger partial charge is 0.329 e. The second-order valence-corrected chi connectivity index (χ2v) is 19.6. The highest BCUT2D eigenvalue weighted by Crippen LogP contribution is 2.46. The van der Waals surface area contributed by atoms with Crippen molar-refractivity contribution >= 4 is 51.0 Å². The van der Waals surface area contributed by atoms with E-state index in [0.29, 0.717) is 60.3 Å². The maximum atomic E-state index is 12.8. The Hall–Kier alpha value is -3.31. The molecule has 2 aliphatic heterocycles. The van der Waals surface area contributed by atoms with E-state index in [9.17, 15) is 14.4 Å². The summed E-state index contributed by atoms with van der Waals surface area (Å²) in [6.07, 6.45) is 4.36. The molecule has 1 aromatic carbocycles. The van der Waals surface area contributed by atoms with Crippen molar-refractivity contribution in [2.24, 2.45) is 5.92 Å². The number of piperidine rings is 1. The van der Waals surface area contributed by atoms with Gasteiger partial charge in [-0.3, -0.25) is 0 Å². The first-order chi connectivity index (χ1) is 22.3. The Morgan fingerprint density at radius 2 is 2.02 bits per heavy atom. The maximum absolute atomic E-state index is 12.8. The molecule has 1 fully saturated rings. The fourth-order valence-corrected chi connectivity index (χ4v) is 7.44. The van der Waals surface area contributed by atoms with Crippen molar-refractivity contribution < 1.29 is 13.6 Å². The van der Waals surface area contributed by atoms with E-state index in [1.54, 1.807) is 12.3 Å². The molecule has 1 saturated heterocycles. The van der Waals surface area contributed by atoms with Crippen molar-refractivity contribution in [1.82, 2.24) is 24.6 Å². The van der Waals surface area contributed by atoms with Crippen LogP contribution in [0.4, 0.5) is 21.8 Å². The zero-order valence-electron chi connectivity index (χ0n) is 28.2. The molecule has 2 aromatic heterocycles. The van der Waals surface area contributed by atoms with Crippen LogP contribution < -0.4 is 10.1 Å². The van der Waals surface area contributed by atoms with E-state index in [0.717, 1.165) is 48.9 Å². The molecule has 4 heterocycles. The molecule has 0 aliphatic carbocycles. The summed E-state index contributed by atoms with van der Waals surface area (Å²) in [6, 6.07) is 9.80. The van der Waals surface area contributed by atoms with E-state index in [1.807, 2.05) is 21.6 Å². The average Bonchev–Trinajstić information content (AvgIpc) is 3.51. The molecule has 1 atom stereocenters. The molecule has 14 heteroatoms. The van der Waals surface area contributed by atoms with Crippen LogP contribution in [0.5, 0.6) is 0 Å². The van der Waals surface area contributed by atoms with Crippen molar-refractivity contribution in [3.8, 4) is 17.3 Å². The van der Waals surface area contributed by atoms with Crippen LogP contribution in [0.1, 0.15) is 51.7 Å². The van der Waals surface area contributed by atoms with Crippen LogP contribution in [0.25, 0.3) is 11.3 Å². The summed E-state index contributed by atoms with van der Waals surface area (Å²) in [4.78, 5) is 24.9. The second kappa shape index (κ2) is 14.0. The van der Waals surface area contributed by atoms with E-state index in [2.05, 4.69) is 73.2 Å². The summed E-state index contributed by atoms with van der Waals surface area (Å²) in [5.74, 6) is 1.45. The quantitative estimate of drug-likeness (QED) is 0.177. The Balaban J connectivity index is 1.42. The molecule has 0 spiro atoms. The fourth-order valence-electron chi connectivity index (χ4n) is 6.13. The number of carbonyl (C=O) groups excluding carboxylic acids is 1. The molecule has 47 heavy (non-hydrogen) atoms. The average molecular weight is 678 g/mol. The van der Waals surface area contributed by atoms with E-state index in [1.165, 1.54) is 7.41 Å². The van der Waals surface area contributed by atoms with Crippen LogP contribution in [0.2, 0.25) is 23.3 Å². The molecule has 10 nitrogen and oxygen atoms in total. The number of aromatic nitrogens is 4. The Labute approximate surface area is 284 Å². The van der Waals surface area contributed by atoms with Gasteiger partial charge in [0, 0.05) is 55.2 Å². The van der Waals surface area contributed by atoms with E-state index < -0.39 is 13.7 Å². The normalized spacial score (nSPS) is 19.0. The molecule has 2 aliphatic rings. The van der Waals surface area contributed by atoms with Gasteiger partial charge in [0.1, 0.15) is 24.7 Å². The van der Waals surface area contributed by atoms with Crippen molar-refractivity contribution in [3.05, 3.63) is 46.7 Å². The lowest BCUT2D eigenvalue weighted by Gasteiger charge is -2.39. The zero-order valence-corrected chi connectivity index (χ0v) is 29.9. The number of hydrogen-bond donors (Lipinski definition) is 1. The minimum Gasteiger partial charge on any atom is -0.416 e. The molecular formula is C33H44BClFN8O2Si. The first kappa shape index (κ1) is 35.0. The van der Waals surface area contributed by atoms with Crippen LogP contribution in [0.3, 0.4) is 0 Å². The van der Waals surface area contributed by atoms with Gasteiger partial charge in [-0.15, -0.1) is 0 Å². The lowest BCUT2D eigenvalue weighted by Crippen LogP contribution is -2.46. The Morgan fingerprint density at radius 1 is 1.28 bits per heavy atom. The Kier molecular flexibility index (Phi) is 10.5. The lowest BCUT2D eigenvalue weighted by molar-refractivity contribution is 0.161. The van der Waals surface area contributed by atoms with E-state index >= 15 is 0 Å². The highest BCUT2D eigenvalue weighted by molar-refractivity contribution is 6.74. The van der Waals surface area contributed by atoms with Crippen molar-refractivity contribution in [2.75, 3.05) is 49.6 Å². The molecule has 1 N–H and O–H groups in total. The summed E-state index contributed by atoms with van der Waals surface area (Å²) in [6.45, 7) is 16.8. The number of rotatable bonds is 12. The van der Waals surface area contributed by atoms with Gasteiger partial charge < -0.3 is 24.2 Å². The van der Waals surface area contributed by atoms with Crippen LogP contribution in [0.15, 0.2) is 30.5 Å². The van der Waals surface area contributed by atoms with Gasteiger partial charge in [0.15, 0.2) is 13.5 Å². The van der Waals surface area contributed by atoms with Gasteiger partial charge in [-0.05, 0) is 73.7 Å². The third-order valence-electron chi connectivity index (χ3n) is 9.97. The molecule has 0 unspecified atom stereocenters. The summed E-state index contributed by atoms with van der Waals surface area (Å²) in [5.41, 5.74) is 3.08. The topological polar surface area (TPSA) is 112 Å². The first-order valence-corrected chi connectivity index (χ1v) is 19.5. The van der Waals surface area contributed by atoms with Gasteiger partial charge in [0.25, 0.3) is 0 Å². The highest BCUT2D eigenvalue weighted by atomic mass is 35.5. The van der Waals surface area contributed by atoms with Gasteiger partial charge >= 0.3 is 7.41 Å². The Bertz CT molecular complexity index is 1640. The van der Waals surface area contributed by atoms with Crippen molar-refractivity contribution in [2.45, 2.75) is 70.6 Å². The number of benzene rings is 1. The third-order valence-corrected chi connectivity index (χ3v) is 14.6. The molecule has 249 valence electrons. The number of nitrogens with zero attached hydrogens (tertiary/aromatic N) is 7. The maximum Gasteiger partial charge on any atom is 0.329 e. The summed E-state index contributed by atoms with van der Waals surface area (Å²) < 4.78 is 21.3. The number of hydrogen-bond acceptors (Lipinski definition) is 9. The first-order valence-electron chi connectivity index (χ1n) is 16.2. The van der Waals surface area contributed by atoms with Gasteiger partial charge in [-0.25, -0.2) is 19.0 Å². The van der Waals surface area contributed by atoms with Crippen LogP contribution in [0, 0.1) is 17.2 Å². The predicted octanol–water partition coefficient (Wildman–Crippen LogP) is 6.20. The zero-order chi connectivity index (χ0) is 34.0. The standard InChI is InChI=1S/C33H44BClFN8O2Si/c1-32(2,3)47(5,6)46-21-33(4)20-43(34-22-45)30-25(18-37)15-24(16-26(30)33)27-7-11-38-31(39-27)40-29-17-28(35)41-44(29)19-23-8-12-42(13-9-23)14-10-36/h7,11,15-17,22-23H,8-10,12-14,19-21H2,1-6H3,(H,38,39,40)/t33-/m1/s1. The van der Waals surface area contributed by atoms with Crippen LogP contribution >= 0.6 is 11.6 Å². The van der Waals surface area contributed by atoms with Gasteiger partial charge in [0.2, 0.25) is 5.95 Å². The summed E-state index contributed by atoms with van der Waals surface area (Å²) in [5, 5.41) is 18.5. The number of nitrogens with one attached hydrogen (secondary N) is 1. The summed E-state index contributed by atoms with van der Waals surface area (Å²) >= 11 is 6.34. The number of anilines is 3. The van der Waals surface area contributed by atoms with E-state index in [4.69, 9.17) is 21.0 Å². The van der Waals surface area contributed by atoms with E-state index in [-0.39, 0.29) is 11.7 Å². The third kappa shape index (κ3) is 7.72. The largest absolute Gasteiger partial charge is 0.416 e. The molecule has 1 radical (unpaired) electrons. The predicted molar refractivity (Wildman–Crippen MR) is 188 cm³/mol. The SMILES string of the molecule is CC(C)(C)[Si](C)(C)OC[C@@]1(C)CN([B]C=O)c2c(C#N)cc(-c3ccnc(Nc4cc(Cl)nn4CC4CCN(CCF)CC4)n3)cc21. The van der Waals surface area contributed by atoms with Crippen LogP contribution in [-0.4, -0.2) is 86.0 Å². The van der Waals surface area contributed by atoms with Crippen molar-refractivity contribution in [3.63, 3.8) is 0 Å². The second-order valence-electron chi connectivity index (χ2n) is 14.5. The molecule has 3 aromatic rings. The Morgan fingerprint density at radius 3 is 2.68 bits per heavy atom. The number of fused-ring (bicyclic) bond motifs is 1. The van der Waals surface area contributed by atoms with Crippen molar-refractivity contribution in [1.29, 1.82) is 5.26 Å². The fraction of sp³-hybridized carbons (Fsp3) is 0.545. The highest BCUT2D eigenvalue weighted by Gasteiger charge is 2.44. The number of carbonyl (C=O) groups is 1. The molecule has 0 bridgehead atoms.